The van der Waals surface area contributed by atoms with Gasteiger partial charge in [-0.3, -0.25) is 4.79 Å². The lowest BCUT2D eigenvalue weighted by atomic mass is 9.80. The maximum absolute atomic E-state index is 10.9. The van der Waals surface area contributed by atoms with Gasteiger partial charge in [-0.2, -0.15) is 0 Å². The normalized spacial score (nSPS) is 22.6. The highest BCUT2D eigenvalue weighted by molar-refractivity contribution is 6.30. The zero-order chi connectivity index (χ0) is 14.4. The minimum absolute atomic E-state index is 0.123. The van der Waals surface area contributed by atoms with Gasteiger partial charge in [0.2, 0.25) is 0 Å². The molecule has 2 N–H and O–H groups in total. The smallest absolute Gasteiger partial charge is 0.306 e. The van der Waals surface area contributed by atoms with Crippen LogP contribution < -0.4 is 5.32 Å². The summed E-state index contributed by atoms with van der Waals surface area (Å²) in [4.78, 5) is 19.1. The van der Waals surface area contributed by atoms with E-state index in [0.717, 1.165) is 44.5 Å². The molecule has 20 heavy (non-hydrogen) atoms. The lowest BCUT2D eigenvalue weighted by Gasteiger charge is -2.26. The highest BCUT2D eigenvalue weighted by Crippen LogP contribution is 2.30. The van der Waals surface area contributed by atoms with E-state index in [-0.39, 0.29) is 5.92 Å². The average Bonchev–Trinajstić information content (AvgIpc) is 2.46. The summed E-state index contributed by atoms with van der Waals surface area (Å²) in [7, 11) is 0. The monoisotopic (exact) mass is 297 g/mol. The summed E-state index contributed by atoms with van der Waals surface area (Å²) in [5, 5.41) is 12.8. The summed E-state index contributed by atoms with van der Waals surface area (Å²) >= 11 is 5.72. The maximum atomic E-state index is 10.9. The third-order valence-corrected chi connectivity index (χ3v) is 4.08. The van der Waals surface area contributed by atoms with E-state index in [4.69, 9.17) is 16.7 Å². The van der Waals surface area contributed by atoms with Crippen molar-refractivity contribution in [2.24, 2.45) is 11.8 Å². The van der Waals surface area contributed by atoms with Gasteiger partial charge in [-0.15, -0.1) is 0 Å². The first-order valence-corrected chi connectivity index (χ1v) is 7.43. The number of hydrogen-bond donors (Lipinski definition) is 2. The average molecular weight is 298 g/mol. The van der Waals surface area contributed by atoms with Crippen LogP contribution in [0.5, 0.6) is 0 Å². The van der Waals surface area contributed by atoms with Crippen LogP contribution in [0.3, 0.4) is 0 Å². The Morgan fingerprint density at radius 3 is 2.55 bits per heavy atom. The third kappa shape index (κ3) is 4.72. The van der Waals surface area contributed by atoms with Crippen LogP contribution in [0, 0.1) is 11.8 Å². The number of carboxylic acid groups (broad SMARTS) is 1. The van der Waals surface area contributed by atoms with Gasteiger partial charge in [0.05, 0.1) is 17.5 Å². The number of carboxylic acids is 1. The number of rotatable bonds is 6. The van der Waals surface area contributed by atoms with Crippen LogP contribution in [0.2, 0.25) is 5.02 Å². The summed E-state index contributed by atoms with van der Waals surface area (Å²) in [5.74, 6) is 0.622. The van der Waals surface area contributed by atoms with Crippen molar-refractivity contribution in [2.75, 3.05) is 6.54 Å². The summed E-state index contributed by atoms with van der Waals surface area (Å²) in [5.41, 5.74) is 0. The van der Waals surface area contributed by atoms with Gasteiger partial charge in [0.15, 0.2) is 0 Å². The molecule has 0 spiro atoms. The molecule has 0 aromatic carbocycles. The van der Waals surface area contributed by atoms with E-state index in [1.54, 1.807) is 12.4 Å². The zero-order valence-corrected chi connectivity index (χ0v) is 12.1. The Hall–Kier alpha value is -1.20. The standard InChI is InChI=1S/C14H20ClN3O2/c15-12-7-17-13(18-8-12)9-16-6-5-10-1-3-11(4-2-10)14(19)20/h7-8,10-11,16H,1-6,9H2,(H,19,20)/t10-,11-. The Bertz CT molecular complexity index is 431. The van der Waals surface area contributed by atoms with Crippen molar-refractivity contribution < 1.29 is 9.90 Å². The van der Waals surface area contributed by atoms with E-state index in [9.17, 15) is 4.79 Å². The summed E-state index contributed by atoms with van der Waals surface area (Å²) in [6, 6.07) is 0. The number of aliphatic carboxylic acids is 1. The van der Waals surface area contributed by atoms with Gasteiger partial charge < -0.3 is 10.4 Å². The van der Waals surface area contributed by atoms with Gasteiger partial charge in [-0.25, -0.2) is 9.97 Å². The fourth-order valence-electron chi connectivity index (χ4n) is 2.63. The lowest BCUT2D eigenvalue weighted by Crippen LogP contribution is -2.24. The van der Waals surface area contributed by atoms with Crippen LogP contribution in [-0.2, 0) is 11.3 Å². The molecule has 1 saturated carbocycles. The van der Waals surface area contributed by atoms with E-state index < -0.39 is 5.97 Å². The molecule has 1 aromatic heterocycles. The largest absolute Gasteiger partial charge is 0.481 e. The second-order valence-electron chi connectivity index (χ2n) is 5.34. The number of nitrogens with zero attached hydrogens (tertiary/aromatic N) is 2. The van der Waals surface area contributed by atoms with Crippen LogP contribution in [0.25, 0.3) is 0 Å². The molecule has 0 amide bonds. The van der Waals surface area contributed by atoms with Crippen molar-refractivity contribution in [2.45, 2.75) is 38.6 Å². The molecule has 1 aliphatic carbocycles. The predicted octanol–water partition coefficient (Wildman–Crippen LogP) is 2.50. The Kier molecular flexibility index (Phi) is 5.73. The van der Waals surface area contributed by atoms with Gasteiger partial charge in [0.1, 0.15) is 5.82 Å². The molecule has 5 nitrogen and oxygen atoms in total. The molecule has 1 heterocycles. The highest BCUT2D eigenvalue weighted by Gasteiger charge is 2.25. The predicted molar refractivity (Wildman–Crippen MR) is 76.4 cm³/mol. The van der Waals surface area contributed by atoms with E-state index in [1.165, 1.54) is 0 Å². The van der Waals surface area contributed by atoms with Gasteiger partial charge in [-0.1, -0.05) is 11.6 Å². The molecule has 0 unspecified atom stereocenters. The van der Waals surface area contributed by atoms with Crippen molar-refractivity contribution in [1.29, 1.82) is 0 Å². The molecule has 110 valence electrons. The molecule has 2 rings (SSSR count). The second-order valence-corrected chi connectivity index (χ2v) is 5.78. The van der Waals surface area contributed by atoms with Gasteiger partial charge in [0.25, 0.3) is 0 Å². The SMILES string of the molecule is O=C(O)[C@H]1CC[C@H](CCNCc2ncc(Cl)cn2)CC1. The Morgan fingerprint density at radius 1 is 1.30 bits per heavy atom. The van der Waals surface area contributed by atoms with Crippen molar-refractivity contribution >= 4 is 17.6 Å². The molecule has 1 fully saturated rings. The molecule has 6 heteroatoms. The number of nitrogens with one attached hydrogen (secondary N) is 1. The zero-order valence-electron chi connectivity index (χ0n) is 11.4. The molecular weight excluding hydrogens is 278 g/mol. The molecule has 1 aromatic rings. The first-order chi connectivity index (χ1) is 9.65. The molecule has 1 aliphatic rings. The molecule has 0 radical (unpaired) electrons. The minimum atomic E-state index is -0.638. The summed E-state index contributed by atoms with van der Waals surface area (Å²) in [6.07, 6.45) is 7.96. The Morgan fingerprint density at radius 2 is 1.95 bits per heavy atom. The van der Waals surface area contributed by atoms with Gasteiger partial charge in [-0.05, 0) is 44.6 Å². The second kappa shape index (κ2) is 7.55. The number of aromatic nitrogens is 2. The lowest BCUT2D eigenvalue weighted by molar-refractivity contribution is -0.143. The fourth-order valence-corrected chi connectivity index (χ4v) is 2.73. The number of hydrogen-bond acceptors (Lipinski definition) is 4. The van der Waals surface area contributed by atoms with Gasteiger partial charge in [0, 0.05) is 12.4 Å². The van der Waals surface area contributed by atoms with Crippen molar-refractivity contribution in [1.82, 2.24) is 15.3 Å². The van der Waals surface area contributed by atoms with Crippen molar-refractivity contribution in [3.05, 3.63) is 23.2 Å². The Labute approximate surface area is 123 Å². The Balaban J connectivity index is 1.60. The topological polar surface area (TPSA) is 75.1 Å². The van der Waals surface area contributed by atoms with E-state index in [2.05, 4.69) is 15.3 Å². The van der Waals surface area contributed by atoms with Crippen LogP contribution >= 0.6 is 11.6 Å². The van der Waals surface area contributed by atoms with Crippen molar-refractivity contribution in [3.63, 3.8) is 0 Å². The van der Waals surface area contributed by atoms with Crippen LogP contribution in [0.1, 0.15) is 37.9 Å². The van der Waals surface area contributed by atoms with Gasteiger partial charge >= 0.3 is 5.97 Å². The van der Waals surface area contributed by atoms with E-state index >= 15 is 0 Å². The molecule has 0 bridgehead atoms. The maximum Gasteiger partial charge on any atom is 0.306 e. The fraction of sp³-hybridized carbons (Fsp3) is 0.643. The van der Waals surface area contributed by atoms with E-state index in [1.807, 2.05) is 0 Å². The third-order valence-electron chi connectivity index (χ3n) is 3.88. The first-order valence-electron chi connectivity index (χ1n) is 7.05. The minimum Gasteiger partial charge on any atom is -0.481 e. The summed E-state index contributed by atoms with van der Waals surface area (Å²) < 4.78 is 0. The van der Waals surface area contributed by atoms with Crippen molar-refractivity contribution in [3.8, 4) is 0 Å². The number of carbonyl (C=O) groups is 1. The number of halogens is 1. The quantitative estimate of drug-likeness (QED) is 0.789. The summed E-state index contributed by atoms with van der Waals surface area (Å²) in [6.45, 7) is 1.55. The van der Waals surface area contributed by atoms with Crippen LogP contribution in [-0.4, -0.2) is 27.6 Å². The molecule has 0 aliphatic heterocycles. The van der Waals surface area contributed by atoms with Crippen LogP contribution in [0.4, 0.5) is 0 Å². The van der Waals surface area contributed by atoms with E-state index in [0.29, 0.717) is 17.5 Å². The highest BCUT2D eigenvalue weighted by atomic mass is 35.5. The first kappa shape index (κ1) is 15.2. The molecule has 0 saturated heterocycles. The van der Waals surface area contributed by atoms with Crippen LogP contribution in [0.15, 0.2) is 12.4 Å². The molecule has 0 atom stereocenters. The molecular formula is C14H20ClN3O2.